The fourth-order valence-corrected chi connectivity index (χ4v) is 2.58. The molecule has 0 amide bonds. The Bertz CT molecular complexity index is 389. The van der Waals surface area contributed by atoms with E-state index in [0.29, 0.717) is 16.8 Å². The number of hydrogen-bond donors (Lipinski definition) is 2. The molecule has 4 heteroatoms. The van der Waals surface area contributed by atoms with Gasteiger partial charge in [-0.3, -0.25) is 0 Å². The predicted molar refractivity (Wildman–Crippen MR) is 69.0 cm³/mol. The SMILES string of the molecule is COc1c(O)ccc(Cl)c1CC1CCCCN1. The molecule has 0 aliphatic carbocycles. The number of ether oxygens (including phenoxy) is 1. The third kappa shape index (κ3) is 2.85. The van der Waals surface area contributed by atoms with Gasteiger partial charge in [0.15, 0.2) is 11.5 Å². The average molecular weight is 256 g/mol. The van der Waals surface area contributed by atoms with Gasteiger partial charge in [-0.05, 0) is 37.9 Å². The summed E-state index contributed by atoms with van der Waals surface area (Å²) in [7, 11) is 1.56. The second-order valence-electron chi connectivity index (χ2n) is 4.43. The Morgan fingerprint density at radius 3 is 2.94 bits per heavy atom. The largest absolute Gasteiger partial charge is 0.504 e. The van der Waals surface area contributed by atoms with Gasteiger partial charge in [-0.25, -0.2) is 0 Å². The van der Waals surface area contributed by atoms with Crippen LogP contribution in [-0.4, -0.2) is 24.8 Å². The number of phenolic OH excluding ortho intramolecular Hbond substituents is 1. The van der Waals surface area contributed by atoms with Gasteiger partial charge >= 0.3 is 0 Å². The van der Waals surface area contributed by atoms with E-state index in [-0.39, 0.29) is 5.75 Å². The van der Waals surface area contributed by atoms with Gasteiger partial charge in [-0.1, -0.05) is 18.0 Å². The second-order valence-corrected chi connectivity index (χ2v) is 4.84. The number of phenols is 1. The van der Waals surface area contributed by atoms with Crippen molar-refractivity contribution < 1.29 is 9.84 Å². The van der Waals surface area contributed by atoms with Gasteiger partial charge in [0.2, 0.25) is 0 Å². The summed E-state index contributed by atoms with van der Waals surface area (Å²) in [6, 6.07) is 3.72. The van der Waals surface area contributed by atoms with Crippen molar-refractivity contribution >= 4 is 11.6 Å². The summed E-state index contributed by atoms with van der Waals surface area (Å²) in [5.41, 5.74) is 0.897. The highest BCUT2D eigenvalue weighted by atomic mass is 35.5. The van der Waals surface area contributed by atoms with Crippen LogP contribution in [0.1, 0.15) is 24.8 Å². The van der Waals surface area contributed by atoms with E-state index >= 15 is 0 Å². The Morgan fingerprint density at radius 2 is 2.29 bits per heavy atom. The van der Waals surface area contributed by atoms with Crippen LogP contribution in [-0.2, 0) is 6.42 Å². The summed E-state index contributed by atoms with van der Waals surface area (Å²) in [5.74, 6) is 0.660. The van der Waals surface area contributed by atoms with Gasteiger partial charge in [-0.15, -0.1) is 0 Å². The molecule has 3 nitrogen and oxygen atoms in total. The maximum atomic E-state index is 9.74. The van der Waals surface area contributed by atoms with Crippen molar-refractivity contribution in [1.82, 2.24) is 5.32 Å². The van der Waals surface area contributed by atoms with E-state index in [0.717, 1.165) is 24.9 Å². The van der Waals surface area contributed by atoms with Crippen LogP contribution < -0.4 is 10.1 Å². The molecule has 0 bridgehead atoms. The monoisotopic (exact) mass is 255 g/mol. The van der Waals surface area contributed by atoms with Crippen LogP contribution in [0.4, 0.5) is 0 Å². The third-order valence-electron chi connectivity index (χ3n) is 3.25. The van der Waals surface area contributed by atoms with Crippen LogP contribution in [0.3, 0.4) is 0 Å². The number of benzene rings is 1. The zero-order valence-electron chi connectivity index (χ0n) is 10.0. The highest BCUT2D eigenvalue weighted by molar-refractivity contribution is 6.31. The molecule has 0 radical (unpaired) electrons. The maximum absolute atomic E-state index is 9.74. The summed E-state index contributed by atoms with van der Waals surface area (Å²) >= 11 is 6.18. The lowest BCUT2D eigenvalue weighted by atomic mass is 9.97. The normalized spacial score (nSPS) is 20.2. The molecule has 94 valence electrons. The highest BCUT2D eigenvalue weighted by Gasteiger charge is 2.19. The topological polar surface area (TPSA) is 41.5 Å². The minimum Gasteiger partial charge on any atom is -0.504 e. The third-order valence-corrected chi connectivity index (χ3v) is 3.60. The Morgan fingerprint density at radius 1 is 1.47 bits per heavy atom. The Kier molecular flexibility index (Phi) is 4.13. The van der Waals surface area contributed by atoms with E-state index in [4.69, 9.17) is 16.3 Å². The molecule has 17 heavy (non-hydrogen) atoms. The Hall–Kier alpha value is -0.930. The molecule has 0 spiro atoms. The first-order valence-corrected chi connectivity index (χ1v) is 6.38. The maximum Gasteiger partial charge on any atom is 0.165 e. The van der Waals surface area contributed by atoms with Gasteiger partial charge in [0, 0.05) is 16.6 Å². The quantitative estimate of drug-likeness (QED) is 0.873. The number of rotatable bonds is 3. The van der Waals surface area contributed by atoms with Gasteiger partial charge in [-0.2, -0.15) is 0 Å². The van der Waals surface area contributed by atoms with Crippen molar-refractivity contribution in [1.29, 1.82) is 0 Å². The molecule has 0 aromatic heterocycles. The lowest BCUT2D eigenvalue weighted by Gasteiger charge is -2.24. The summed E-state index contributed by atoms with van der Waals surface area (Å²) in [6.45, 7) is 1.06. The molecule has 2 N–H and O–H groups in total. The van der Waals surface area contributed by atoms with Crippen molar-refractivity contribution in [3.63, 3.8) is 0 Å². The van der Waals surface area contributed by atoms with Crippen LogP contribution >= 0.6 is 11.6 Å². The van der Waals surface area contributed by atoms with Crippen molar-refractivity contribution in [2.75, 3.05) is 13.7 Å². The molecule has 1 unspecified atom stereocenters. The number of aromatic hydroxyl groups is 1. The molecule has 1 aliphatic rings. The highest BCUT2D eigenvalue weighted by Crippen LogP contribution is 2.36. The van der Waals surface area contributed by atoms with Crippen LogP contribution in [0.5, 0.6) is 11.5 Å². The molecule has 2 rings (SSSR count). The zero-order chi connectivity index (χ0) is 12.3. The Labute approximate surface area is 107 Å². The number of halogens is 1. The smallest absolute Gasteiger partial charge is 0.165 e. The first-order valence-electron chi connectivity index (χ1n) is 6.00. The minimum atomic E-state index is 0.155. The first-order chi connectivity index (χ1) is 8.22. The van der Waals surface area contributed by atoms with Crippen molar-refractivity contribution in [2.45, 2.75) is 31.7 Å². The zero-order valence-corrected chi connectivity index (χ0v) is 10.8. The minimum absolute atomic E-state index is 0.155. The fraction of sp³-hybridized carbons (Fsp3) is 0.538. The molecule has 1 fully saturated rings. The fourth-order valence-electron chi connectivity index (χ4n) is 2.35. The molecule has 1 aliphatic heterocycles. The molecule has 1 aromatic carbocycles. The number of nitrogens with one attached hydrogen (secondary N) is 1. The lowest BCUT2D eigenvalue weighted by molar-refractivity contribution is 0.359. The number of hydrogen-bond acceptors (Lipinski definition) is 3. The van der Waals surface area contributed by atoms with Crippen LogP contribution in [0.2, 0.25) is 5.02 Å². The number of piperidine rings is 1. The van der Waals surface area contributed by atoms with Crippen LogP contribution in [0, 0.1) is 0 Å². The standard InChI is InChI=1S/C13H18ClNO2/c1-17-13-10(11(14)5-6-12(13)16)8-9-4-2-3-7-15-9/h5-6,9,15-16H,2-4,7-8H2,1H3. The van der Waals surface area contributed by atoms with Gasteiger partial charge in [0.1, 0.15) is 0 Å². The van der Waals surface area contributed by atoms with Crippen molar-refractivity contribution in [3.8, 4) is 11.5 Å². The molecule has 1 atom stereocenters. The van der Waals surface area contributed by atoms with Gasteiger partial charge in [0.05, 0.1) is 7.11 Å². The molecule has 1 heterocycles. The summed E-state index contributed by atoms with van der Waals surface area (Å²) < 4.78 is 5.24. The molecule has 1 aromatic rings. The van der Waals surface area contributed by atoms with Crippen LogP contribution in [0.15, 0.2) is 12.1 Å². The second kappa shape index (κ2) is 5.61. The predicted octanol–water partition coefficient (Wildman–Crippen LogP) is 2.74. The van der Waals surface area contributed by atoms with E-state index in [1.165, 1.54) is 12.8 Å². The van der Waals surface area contributed by atoms with Crippen molar-refractivity contribution in [2.24, 2.45) is 0 Å². The molecular weight excluding hydrogens is 238 g/mol. The molecule has 1 saturated heterocycles. The molecular formula is C13H18ClNO2. The van der Waals surface area contributed by atoms with E-state index in [2.05, 4.69) is 5.32 Å². The molecule has 0 saturated carbocycles. The Balaban J connectivity index is 2.21. The van der Waals surface area contributed by atoms with E-state index < -0.39 is 0 Å². The van der Waals surface area contributed by atoms with E-state index in [9.17, 15) is 5.11 Å². The van der Waals surface area contributed by atoms with Gasteiger partial charge in [0.25, 0.3) is 0 Å². The van der Waals surface area contributed by atoms with Gasteiger partial charge < -0.3 is 15.2 Å². The first kappa shape index (κ1) is 12.5. The van der Waals surface area contributed by atoms with Crippen LogP contribution in [0.25, 0.3) is 0 Å². The van der Waals surface area contributed by atoms with E-state index in [1.807, 2.05) is 0 Å². The number of methoxy groups -OCH3 is 1. The summed E-state index contributed by atoms with van der Waals surface area (Å²) in [6.07, 6.45) is 4.43. The summed E-state index contributed by atoms with van der Waals surface area (Å²) in [5, 5.41) is 13.9. The average Bonchev–Trinajstić information content (AvgIpc) is 2.35. The summed E-state index contributed by atoms with van der Waals surface area (Å²) in [4.78, 5) is 0. The lowest BCUT2D eigenvalue weighted by Crippen LogP contribution is -2.35. The van der Waals surface area contributed by atoms with E-state index in [1.54, 1.807) is 19.2 Å². The van der Waals surface area contributed by atoms with Crippen molar-refractivity contribution in [3.05, 3.63) is 22.7 Å².